The van der Waals surface area contributed by atoms with E-state index in [0.29, 0.717) is 5.82 Å². The van der Waals surface area contributed by atoms with Gasteiger partial charge in [0.2, 0.25) is 0 Å². The molecule has 0 unspecified atom stereocenters. The number of anilines is 1. The predicted octanol–water partition coefficient (Wildman–Crippen LogP) is 4.86. The van der Waals surface area contributed by atoms with Gasteiger partial charge in [-0.1, -0.05) is 55.7 Å². The van der Waals surface area contributed by atoms with Crippen LogP contribution in [0.5, 0.6) is 0 Å². The Bertz CT molecular complexity index is 780. The summed E-state index contributed by atoms with van der Waals surface area (Å²) in [6.45, 7) is 0. The molecule has 3 heteroatoms. The van der Waals surface area contributed by atoms with Crippen LogP contribution in [-0.2, 0) is 0 Å². The minimum Gasteiger partial charge on any atom is -0.382 e. The van der Waals surface area contributed by atoms with Crippen LogP contribution in [0.2, 0.25) is 0 Å². The highest BCUT2D eigenvalue weighted by Crippen LogP contribution is 2.35. The van der Waals surface area contributed by atoms with E-state index in [2.05, 4.69) is 40.5 Å². The number of hydrogen-bond acceptors (Lipinski definition) is 2. The van der Waals surface area contributed by atoms with Crippen molar-refractivity contribution in [1.29, 1.82) is 0 Å². The largest absolute Gasteiger partial charge is 0.382 e. The maximum atomic E-state index is 6.02. The van der Waals surface area contributed by atoms with Gasteiger partial charge in [-0.15, -0.1) is 0 Å². The number of nitrogens with one attached hydrogen (secondary N) is 1. The zero-order valence-corrected chi connectivity index (χ0v) is 12.7. The lowest BCUT2D eigenvalue weighted by molar-refractivity contribution is 0.443. The molecule has 3 nitrogen and oxygen atoms in total. The molecule has 112 valence electrons. The fraction of sp³-hybridized carbons (Fsp3) is 0.316. The topological polar surface area (TPSA) is 54.7 Å². The zero-order valence-electron chi connectivity index (χ0n) is 12.7. The predicted molar refractivity (Wildman–Crippen MR) is 91.8 cm³/mol. The van der Waals surface area contributed by atoms with Crippen molar-refractivity contribution in [2.24, 2.45) is 0 Å². The standard InChI is InChI=1S/C19H21N3/c20-19-18-16(7-4-8-17(18)21-22-19)15-11-9-14(10-12-15)13-5-2-1-3-6-13/h4,7-13H,1-3,5-6H2,(H3,20,21,22). The van der Waals surface area contributed by atoms with Gasteiger partial charge in [0.05, 0.1) is 10.9 Å². The van der Waals surface area contributed by atoms with E-state index in [4.69, 9.17) is 5.73 Å². The summed E-state index contributed by atoms with van der Waals surface area (Å²) in [7, 11) is 0. The second-order valence-corrected chi connectivity index (χ2v) is 6.29. The highest BCUT2D eigenvalue weighted by Gasteiger charge is 2.16. The fourth-order valence-electron chi connectivity index (χ4n) is 3.71. The lowest BCUT2D eigenvalue weighted by atomic mass is 9.83. The first kappa shape index (κ1) is 13.4. The Morgan fingerprint density at radius 3 is 2.50 bits per heavy atom. The van der Waals surface area contributed by atoms with Gasteiger partial charge in [-0.05, 0) is 41.5 Å². The van der Waals surface area contributed by atoms with E-state index in [9.17, 15) is 0 Å². The SMILES string of the molecule is Nc1n[nH]c2cccc(-c3ccc(C4CCCCC4)cc3)c12. The smallest absolute Gasteiger partial charge is 0.153 e. The normalized spacial score (nSPS) is 16.2. The lowest BCUT2D eigenvalue weighted by Crippen LogP contribution is -2.04. The summed E-state index contributed by atoms with van der Waals surface area (Å²) in [6, 6.07) is 15.2. The number of nitrogens with zero attached hydrogens (tertiary/aromatic N) is 1. The van der Waals surface area contributed by atoms with Crippen LogP contribution in [0.15, 0.2) is 42.5 Å². The number of H-pyrrole nitrogens is 1. The summed E-state index contributed by atoms with van der Waals surface area (Å²) in [5.41, 5.74) is 10.9. The van der Waals surface area contributed by atoms with Crippen molar-refractivity contribution in [2.75, 3.05) is 5.73 Å². The van der Waals surface area contributed by atoms with Gasteiger partial charge in [0.25, 0.3) is 0 Å². The minimum atomic E-state index is 0.571. The van der Waals surface area contributed by atoms with Gasteiger partial charge >= 0.3 is 0 Å². The second kappa shape index (κ2) is 5.48. The van der Waals surface area contributed by atoms with Crippen molar-refractivity contribution in [2.45, 2.75) is 38.0 Å². The van der Waals surface area contributed by atoms with Crippen LogP contribution in [-0.4, -0.2) is 10.2 Å². The third kappa shape index (κ3) is 2.27. The summed E-state index contributed by atoms with van der Waals surface area (Å²) >= 11 is 0. The molecule has 2 aromatic carbocycles. The molecular formula is C19H21N3. The van der Waals surface area contributed by atoms with Gasteiger partial charge in [0.15, 0.2) is 5.82 Å². The molecule has 4 rings (SSSR count). The summed E-state index contributed by atoms with van der Waals surface area (Å²) in [5.74, 6) is 1.32. The Balaban J connectivity index is 1.71. The average Bonchev–Trinajstić information content (AvgIpc) is 2.97. The lowest BCUT2D eigenvalue weighted by Gasteiger charge is -2.22. The van der Waals surface area contributed by atoms with Crippen molar-refractivity contribution >= 4 is 16.7 Å². The number of nitrogen functional groups attached to an aromatic ring is 1. The third-order valence-electron chi connectivity index (χ3n) is 4.92. The summed E-state index contributed by atoms with van der Waals surface area (Å²) < 4.78 is 0. The maximum absolute atomic E-state index is 6.02. The van der Waals surface area contributed by atoms with Crippen LogP contribution < -0.4 is 5.73 Å². The molecule has 0 atom stereocenters. The summed E-state index contributed by atoms with van der Waals surface area (Å²) in [4.78, 5) is 0. The van der Waals surface area contributed by atoms with Crippen LogP contribution in [0.1, 0.15) is 43.6 Å². The molecule has 1 heterocycles. The number of rotatable bonds is 2. The Labute approximate surface area is 130 Å². The second-order valence-electron chi connectivity index (χ2n) is 6.29. The van der Waals surface area contributed by atoms with Crippen molar-refractivity contribution < 1.29 is 0 Å². The molecule has 22 heavy (non-hydrogen) atoms. The number of aromatic nitrogens is 2. The number of aromatic amines is 1. The van der Waals surface area contributed by atoms with Crippen molar-refractivity contribution in [3.63, 3.8) is 0 Å². The van der Waals surface area contributed by atoms with E-state index in [1.807, 2.05) is 12.1 Å². The first-order valence-corrected chi connectivity index (χ1v) is 8.16. The van der Waals surface area contributed by atoms with Gasteiger partial charge in [-0.2, -0.15) is 5.10 Å². The quantitative estimate of drug-likeness (QED) is 0.708. The molecule has 0 aliphatic heterocycles. The summed E-state index contributed by atoms with van der Waals surface area (Å²) in [6.07, 6.45) is 6.82. The monoisotopic (exact) mass is 291 g/mol. The molecule has 3 N–H and O–H groups in total. The Kier molecular flexibility index (Phi) is 3.34. The average molecular weight is 291 g/mol. The number of hydrogen-bond donors (Lipinski definition) is 2. The van der Waals surface area contributed by atoms with Crippen LogP contribution in [0, 0.1) is 0 Å². The van der Waals surface area contributed by atoms with Crippen LogP contribution in [0.3, 0.4) is 0 Å². The van der Waals surface area contributed by atoms with E-state index < -0.39 is 0 Å². The highest BCUT2D eigenvalue weighted by molar-refractivity contribution is 6.01. The molecule has 0 spiro atoms. The molecule has 3 aromatic rings. The number of fused-ring (bicyclic) bond motifs is 1. The van der Waals surface area contributed by atoms with Gasteiger partial charge in [0, 0.05) is 0 Å². The molecule has 0 amide bonds. The molecular weight excluding hydrogens is 270 g/mol. The Morgan fingerprint density at radius 1 is 0.955 bits per heavy atom. The first-order chi connectivity index (χ1) is 10.8. The number of nitrogens with two attached hydrogens (primary N) is 1. The van der Waals surface area contributed by atoms with Crippen LogP contribution in [0.4, 0.5) is 5.82 Å². The molecule has 1 saturated carbocycles. The molecule has 1 aliphatic rings. The molecule has 1 aliphatic carbocycles. The van der Waals surface area contributed by atoms with Crippen molar-refractivity contribution in [1.82, 2.24) is 10.2 Å². The van der Waals surface area contributed by atoms with Crippen LogP contribution >= 0.6 is 0 Å². The Hall–Kier alpha value is -2.29. The first-order valence-electron chi connectivity index (χ1n) is 8.16. The molecule has 1 fully saturated rings. The Morgan fingerprint density at radius 2 is 1.73 bits per heavy atom. The van der Waals surface area contributed by atoms with Crippen LogP contribution in [0.25, 0.3) is 22.0 Å². The third-order valence-corrected chi connectivity index (χ3v) is 4.92. The van der Waals surface area contributed by atoms with E-state index in [1.165, 1.54) is 43.2 Å². The van der Waals surface area contributed by atoms with Gasteiger partial charge in [0.1, 0.15) is 0 Å². The maximum Gasteiger partial charge on any atom is 0.153 e. The minimum absolute atomic E-state index is 0.571. The van der Waals surface area contributed by atoms with Gasteiger partial charge in [-0.3, -0.25) is 5.10 Å². The van der Waals surface area contributed by atoms with E-state index >= 15 is 0 Å². The van der Waals surface area contributed by atoms with Crippen molar-refractivity contribution in [3.8, 4) is 11.1 Å². The molecule has 0 saturated heterocycles. The van der Waals surface area contributed by atoms with E-state index in [-0.39, 0.29) is 0 Å². The molecule has 0 radical (unpaired) electrons. The van der Waals surface area contributed by atoms with Gasteiger partial charge in [-0.25, -0.2) is 0 Å². The molecule has 0 bridgehead atoms. The zero-order chi connectivity index (χ0) is 14.9. The van der Waals surface area contributed by atoms with E-state index in [0.717, 1.165) is 22.4 Å². The van der Waals surface area contributed by atoms with E-state index in [1.54, 1.807) is 0 Å². The summed E-state index contributed by atoms with van der Waals surface area (Å²) in [5, 5.41) is 8.13. The highest BCUT2D eigenvalue weighted by atomic mass is 15.1. The number of benzene rings is 2. The fourth-order valence-corrected chi connectivity index (χ4v) is 3.71. The van der Waals surface area contributed by atoms with Gasteiger partial charge < -0.3 is 5.73 Å². The molecule has 1 aromatic heterocycles. The van der Waals surface area contributed by atoms with Crippen molar-refractivity contribution in [3.05, 3.63) is 48.0 Å².